The lowest BCUT2D eigenvalue weighted by molar-refractivity contribution is 0.278. The second-order valence-electron chi connectivity index (χ2n) is 4.93. The standard InChI is InChI=1S/C17H17FN4OS/c18-14-8-4-5-9-15(14)23-12-16-20-21-17(24-11-10-19)22(16)13-6-2-1-3-7-13/h1-9H,10-12,19H2. The molecule has 1 aromatic heterocycles. The van der Waals surface area contributed by atoms with E-state index in [1.54, 1.807) is 18.2 Å². The van der Waals surface area contributed by atoms with Crippen LogP contribution < -0.4 is 10.5 Å². The van der Waals surface area contributed by atoms with Crippen LogP contribution in [0.2, 0.25) is 0 Å². The fraction of sp³-hybridized carbons (Fsp3) is 0.176. The van der Waals surface area contributed by atoms with Gasteiger partial charge in [0.05, 0.1) is 0 Å². The van der Waals surface area contributed by atoms with Crippen LogP contribution in [0, 0.1) is 5.82 Å². The molecule has 1 heterocycles. The lowest BCUT2D eigenvalue weighted by atomic mass is 10.3. The van der Waals surface area contributed by atoms with Crippen molar-refractivity contribution < 1.29 is 9.13 Å². The van der Waals surface area contributed by atoms with Crippen molar-refractivity contribution in [3.63, 3.8) is 0 Å². The molecule has 0 atom stereocenters. The van der Waals surface area contributed by atoms with E-state index >= 15 is 0 Å². The molecule has 0 amide bonds. The summed E-state index contributed by atoms with van der Waals surface area (Å²) in [5.74, 6) is 1.13. The molecule has 0 saturated carbocycles. The minimum Gasteiger partial charge on any atom is -0.483 e. The maximum Gasteiger partial charge on any atom is 0.195 e. The molecule has 0 radical (unpaired) electrons. The zero-order valence-electron chi connectivity index (χ0n) is 12.9. The molecule has 7 heteroatoms. The Kier molecular flexibility index (Phi) is 5.45. The smallest absolute Gasteiger partial charge is 0.195 e. The number of nitrogens with two attached hydrogens (primary N) is 1. The Balaban J connectivity index is 1.87. The van der Waals surface area contributed by atoms with Crippen LogP contribution in [-0.4, -0.2) is 27.1 Å². The Bertz CT molecular complexity index is 794. The lowest BCUT2D eigenvalue weighted by Gasteiger charge is -2.11. The molecule has 3 aromatic rings. The van der Waals surface area contributed by atoms with Crippen molar-refractivity contribution in [1.29, 1.82) is 0 Å². The zero-order chi connectivity index (χ0) is 16.8. The summed E-state index contributed by atoms with van der Waals surface area (Å²) in [6.45, 7) is 0.666. The normalized spacial score (nSPS) is 10.8. The van der Waals surface area contributed by atoms with Crippen molar-refractivity contribution in [2.75, 3.05) is 12.3 Å². The molecular weight excluding hydrogens is 327 g/mol. The Morgan fingerprint density at radius 2 is 1.79 bits per heavy atom. The number of halogens is 1. The highest BCUT2D eigenvalue weighted by atomic mass is 32.2. The number of aromatic nitrogens is 3. The third kappa shape index (κ3) is 3.74. The van der Waals surface area contributed by atoms with E-state index in [4.69, 9.17) is 10.5 Å². The largest absolute Gasteiger partial charge is 0.483 e. The minimum absolute atomic E-state index is 0.117. The SMILES string of the molecule is NCCSc1nnc(COc2ccccc2F)n1-c1ccccc1. The monoisotopic (exact) mass is 344 g/mol. The van der Waals surface area contributed by atoms with Crippen LogP contribution in [0.4, 0.5) is 4.39 Å². The summed E-state index contributed by atoms with van der Waals surface area (Å²) in [5, 5.41) is 9.14. The van der Waals surface area contributed by atoms with Gasteiger partial charge in [0.25, 0.3) is 0 Å². The molecule has 2 N–H and O–H groups in total. The highest BCUT2D eigenvalue weighted by molar-refractivity contribution is 7.99. The van der Waals surface area contributed by atoms with E-state index in [-0.39, 0.29) is 12.4 Å². The Morgan fingerprint density at radius 1 is 1.04 bits per heavy atom. The first-order valence-electron chi connectivity index (χ1n) is 7.49. The van der Waals surface area contributed by atoms with Crippen LogP contribution in [-0.2, 0) is 6.61 Å². The number of benzene rings is 2. The topological polar surface area (TPSA) is 66.0 Å². The van der Waals surface area contributed by atoms with Crippen LogP contribution in [0.5, 0.6) is 5.75 Å². The summed E-state index contributed by atoms with van der Waals surface area (Å²) in [5.41, 5.74) is 6.50. The summed E-state index contributed by atoms with van der Waals surface area (Å²) in [7, 11) is 0. The van der Waals surface area contributed by atoms with Gasteiger partial charge in [0.15, 0.2) is 22.5 Å². The predicted molar refractivity (Wildman–Crippen MR) is 91.9 cm³/mol. The highest BCUT2D eigenvalue weighted by Gasteiger charge is 2.15. The fourth-order valence-corrected chi connectivity index (χ4v) is 2.92. The van der Waals surface area contributed by atoms with Gasteiger partial charge in [-0.15, -0.1) is 10.2 Å². The van der Waals surface area contributed by atoms with Gasteiger partial charge in [-0.1, -0.05) is 42.1 Å². The van der Waals surface area contributed by atoms with E-state index < -0.39 is 5.82 Å². The lowest BCUT2D eigenvalue weighted by Crippen LogP contribution is -2.08. The van der Waals surface area contributed by atoms with Gasteiger partial charge in [-0.3, -0.25) is 4.57 Å². The van der Waals surface area contributed by atoms with E-state index in [9.17, 15) is 4.39 Å². The number of hydrogen-bond acceptors (Lipinski definition) is 5. The number of rotatable bonds is 7. The van der Waals surface area contributed by atoms with Crippen molar-refractivity contribution in [1.82, 2.24) is 14.8 Å². The molecule has 2 aromatic carbocycles. The summed E-state index contributed by atoms with van der Waals surface area (Å²) in [4.78, 5) is 0. The predicted octanol–water partition coefficient (Wildman–Crippen LogP) is 3.04. The summed E-state index contributed by atoms with van der Waals surface area (Å²) < 4.78 is 21.2. The second kappa shape index (κ2) is 7.94. The fourth-order valence-electron chi connectivity index (χ4n) is 2.18. The molecule has 0 fully saturated rings. The summed E-state index contributed by atoms with van der Waals surface area (Å²) >= 11 is 1.52. The van der Waals surface area contributed by atoms with Crippen LogP contribution in [0.3, 0.4) is 0 Å². The molecule has 5 nitrogen and oxygen atoms in total. The number of ether oxygens (including phenoxy) is 1. The number of para-hydroxylation sites is 2. The van der Waals surface area contributed by atoms with Crippen molar-refractivity contribution in [2.24, 2.45) is 5.73 Å². The van der Waals surface area contributed by atoms with E-state index in [0.717, 1.165) is 16.6 Å². The van der Waals surface area contributed by atoms with Gasteiger partial charge in [0, 0.05) is 18.0 Å². The van der Waals surface area contributed by atoms with Crippen molar-refractivity contribution in [2.45, 2.75) is 11.8 Å². The van der Waals surface area contributed by atoms with Crippen molar-refractivity contribution >= 4 is 11.8 Å². The molecule has 0 aliphatic rings. The minimum atomic E-state index is -0.402. The Labute approximate surface area is 143 Å². The molecule has 0 aliphatic carbocycles. The van der Waals surface area contributed by atoms with Crippen molar-refractivity contribution in [3.8, 4) is 11.4 Å². The molecule has 124 valence electrons. The number of hydrogen-bond donors (Lipinski definition) is 1. The second-order valence-corrected chi connectivity index (χ2v) is 5.99. The summed E-state index contributed by atoms with van der Waals surface area (Å²) in [6.07, 6.45) is 0. The van der Waals surface area contributed by atoms with Crippen LogP contribution in [0.25, 0.3) is 5.69 Å². The maximum absolute atomic E-state index is 13.7. The first kappa shape index (κ1) is 16.5. The van der Waals surface area contributed by atoms with Gasteiger partial charge < -0.3 is 10.5 Å². The van der Waals surface area contributed by atoms with Crippen LogP contribution >= 0.6 is 11.8 Å². The van der Waals surface area contributed by atoms with E-state index in [1.807, 2.05) is 34.9 Å². The molecule has 0 saturated heterocycles. The average Bonchev–Trinajstić information content (AvgIpc) is 3.03. The Morgan fingerprint density at radius 3 is 2.54 bits per heavy atom. The van der Waals surface area contributed by atoms with Gasteiger partial charge in [-0.2, -0.15) is 0 Å². The molecule has 0 spiro atoms. The Hall–Kier alpha value is -2.38. The first-order valence-corrected chi connectivity index (χ1v) is 8.48. The van der Waals surface area contributed by atoms with E-state index in [0.29, 0.717) is 12.4 Å². The van der Waals surface area contributed by atoms with Gasteiger partial charge in [0.2, 0.25) is 0 Å². The molecule has 0 aliphatic heterocycles. The molecule has 0 bridgehead atoms. The molecule has 3 rings (SSSR count). The molecule has 24 heavy (non-hydrogen) atoms. The number of nitrogens with zero attached hydrogens (tertiary/aromatic N) is 3. The molecule has 0 unspecified atom stereocenters. The van der Waals surface area contributed by atoms with E-state index in [2.05, 4.69) is 10.2 Å². The van der Waals surface area contributed by atoms with Crippen molar-refractivity contribution in [3.05, 3.63) is 66.2 Å². The van der Waals surface area contributed by atoms with Gasteiger partial charge in [-0.05, 0) is 24.3 Å². The quantitative estimate of drug-likeness (QED) is 0.667. The van der Waals surface area contributed by atoms with E-state index in [1.165, 1.54) is 17.8 Å². The van der Waals surface area contributed by atoms with Crippen LogP contribution in [0.15, 0.2) is 59.8 Å². The third-order valence-corrected chi connectivity index (χ3v) is 4.22. The highest BCUT2D eigenvalue weighted by Crippen LogP contribution is 2.23. The maximum atomic E-state index is 13.7. The summed E-state index contributed by atoms with van der Waals surface area (Å²) in [6, 6.07) is 16.0. The van der Waals surface area contributed by atoms with Gasteiger partial charge in [-0.25, -0.2) is 4.39 Å². The zero-order valence-corrected chi connectivity index (χ0v) is 13.7. The number of thioether (sulfide) groups is 1. The first-order chi connectivity index (χ1) is 11.8. The molecular formula is C17H17FN4OS. The third-order valence-electron chi connectivity index (χ3n) is 3.26. The van der Waals surface area contributed by atoms with Gasteiger partial charge >= 0.3 is 0 Å². The average molecular weight is 344 g/mol. The van der Waals surface area contributed by atoms with Crippen LogP contribution in [0.1, 0.15) is 5.82 Å². The van der Waals surface area contributed by atoms with Gasteiger partial charge in [0.1, 0.15) is 6.61 Å².